The van der Waals surface area contributed by atoms with Gasteiger partial charge in [-0.15, -0.1) is 0 Å². The van der Waals surface area contributed by atoms with Crippen molar-refractivity contribution in [1.82, 2.24) is 0 Å². The third-order valence-corrected chi connectivity index (χ3v) is 1.36. The molecule has 0 fully saturated rings. The fourth-order valence-corrected chi connectivity index (χ4v) is 0.844. The summed E-state index contributed by atoms with van der Waals surface area (Å²) < 4.78 is 5.03. The first-order chi connectivity index (χ1) is 5.84. The molecule has 0 unspecified atom stereocenters. The van der Waals surface area contributed by atoms with E-state index in [1.54, 1.807) is 0 Å². The van der Waals surface area contributed by atoms with Crippen LogP contribution < -0.4 is 4.74 Å². The second kappa shape index (κ2) is 6.80. The molecular weight excluding hydrogens is 168 g/mol. The van der Waals surface area contributed by atoms with Crippen LogP contribution in [-0.4, -0.2) is 5.55 Å². The number of benzene rings is 1. The topological polar surface area (TPSA) is 9.23 Å². The zero-order chi connectivity index (χ0) is 9.40. The molecule has 0 atom stereocenters. The lowest BCUT2D eigenvalue weighted by atomic mass is 10.2. The minimum absolute atomic E-state index is 0.831. The SMILES string of the molecule is CC.Cc1ccccc1OC=S. The molecule has 0 N–H and O–H groups in total. The van der Waals surface area contributed by atoms with Crippen molar-refractivity contribution < 1.29 is 4.74 Å². The molecule has 0 aromatic heterocycles. The predicted molar refractivity (Wildman–Crippen MR) is 56.8 cm³/mol. The van der Waals surface area contributed by atoms with E-state index >= 15 is 0 Å². The zero-order valence-electron chi connectivity index (χ0n) is 7.70. The summed E-state index contributed by atoms with van der Waals surface area (Å²) in [5, 5.41) is 0. The third kappa shape index (κ3) is 3.49. The molecule has 0 aliphatic carbocycles. The maximum atomic E-state index is 5.03. The number of ether oxygens (including phenoxy) is 1. The standard InChI is InChI=1S/C8H8OS.C2H6/c1-7-4-2-3-5-8(7)9-6-10;1-2/h2-6H,1H3;1-2H3. The van der Waals surface area contributed by atoms with E-state index in [4.69, 9.17) is 4.74 Å². The maximum absolute atomic E-state index is 5.03. The highest BCUT2D eigenvalue weighted by atomic mass is 32.1. The third-order valence-electron chi connectivity index (χ3n) is 1.27. The summed E-state index contributed by atoms with van der Waals surface area (Å²) >= 11 is 4.55. The molecule has 0 radical (unpaired) electrons. The molecule has 0 bridgehead atoms. The van der Waals surface area contributed by atoms with Crippen LogP contribution >= 0.6 is 12.2 Å². The quantitative estimate of drug-likeness (QED) is 0.649. The van der Waals surface area contributed by atoms with Gasteiger partial charge in [0, 0.05) is 0 Å². The summed E-state index contributed by atoms with van der Waals surface area (Å²) in [4.78, 5) is 0. The summed E-state index contributed by atoms with van der Waals surface area (Å²) in [5.41, 5.74) is 2.37. The lowest BCUT2D eigenvalue weighted by Crippen LogP contribution is -1.88. The first-order valence-electron chi connectivity index (χ1n) is 4.00. The highest BCUT2D eigenvalue weighted by molar-refractivity contribution is 7.78. The molecule has 2 heteroatoms. The molecule has 66 valence electrons. The number of hydrogen-bond acceptors (Lipinski definition) is 2. The molecule has 0 amide bonds. The van der Waals surface area contributed by atoms with Crippen molar-refractivity contribution in [2.45, 2.75) is 20.8 Å². The smallest absolute Gasteiger partial charge is 0.154 e. The van der Waals surface area contributed by atoms with E-state index in [1.807, 2.05) is 45.0 Å². The molecule has 0 aliphatic rings. The molecule has 0 aliphatic heterocycles. The normalized spacial score (nSPS) is 7.92. The van der Waals surface area contributed by atoms with Crippen molar-refractivity contribution in [3.05, 3.63) is 29.8 Å². The first-order valence-corrected chi connectivity index (χ1v) is 4.47. The second-order valence-corrected chi connectivity index (χ2v) is 2.17. The lowest BCUT2D eigenvalue weighted by molar-refractivity contribution is 0.581. The van der Waals surface area contributed by atoms with Crippen LogP contribution in [0.5, 0.6) is 5.75 Å². The maximum Gasteiger partial charge on any atom is 0.154 e. The Morgan fingerprint density at radius 2 is 1.83 bits per heavy atom. The van der Waals surface area contributed by atoms with Crippen molar-refractivity contribution >= 4 is 17.8 Å². The largest absolute Gasteiger partial charge is 0.453 e. The van der Waals surface area contributed by atoms with Crippen LogP contribution in [0.25, 0.3) is 0 Å². The lowest BCUT2D eigenvalue weighted by Gasteiger charge is -2.00. The van der Waals surface area contributed by atoms with Crippen LogP contribution in [-0.2, 0) is 0 Å². The van der Waals surface area contributed by atoms with Gasteiger partial charge in [0.25, 0.3) is 0 Å². The number of hydrogen-bond donors (Lipinski definition) is 0. The summed E-state index contributed by atoms with van der Waals surface area (Å²) in [6.45, 7) is 5.98. The summed E-state index contributed by atoms with van der Waals surface area (Å²) in [7, 11) is 0. The van der Waals surface area contributed by atoms with Crippen LogP contribution in [0, 0.1) is 6.92 Å². The van der Waals surface area contributed by atoms with Crippen LogP contribution in [0.2, 0.25) is 0 Å². The van der Waals surface area contributed by atoms with Gasteiger partial charge in [0.15, 0.2) is 5.55 Å². The zero-order valence-corrected chi connectivity index (χ0v) is 8.52. The fourth-order valence-electron chi connectivity index (χ4n) is 0.740. The van der Waals surface area contributed by atoms with Crippen LogP contribution in [0.15, 0.2) is 24.3 Å². The average molecular weight is 182 g/mol. The van der Waals surface area contributed by atoms with Crippen molar-refractivity contribution in [3.63, 3.8) is 0 Å². The number of rotatable bonds is 2. The van der Waals surface area contributed by atoms with Gasteiger partial charge in [-0.05, 0) is 30.8 Å². The van der Waals surface area contributed by atoms with Gasteiger partial charge in [-0.2, -0.15) is 0 Å². The van der Waals surface area contributed by atoms with E-state index in [0.717, 1.165) is 11.3 Å². The molecule has 0 spiro atoms. The molecule has 0 saturated carbocycles. The van der Waals surface area contributed by atoms with Crippen LogP contribution in [0.4, 0.5) is 0 Å². The van der Waals surface area contributed by atoms with E-state index in [1.165, 1.54) is 5.55 Å². The Hall–Kier alpha value is -0.890. The second-order valence-electron chi connectivity index (χ2n) is 1.98. The molecule has 1 aromatic carbocycles. The number of aryl methyl sites for hydroxylation is 1. The van der Waals surface area contributed by atoms with E-state index in [2.05, 4.69) is 12.2 Å². The van der Waals surface area contributed by atoms with Gasteiger partial charge in [-0.3, -0.25) is 0 Å². The van der Waals surface area contributed by atoms with E-state index in [0.29, 0.717) is 0 Å². The molecule has 0 saturated heterocycles. The van der Waals surface area contributed by atoms with Crippen LogP contribution in [0.3, 0.4) is 0 Å². The number of thiocarbonyl (C=S) groups is 1. The first kappa shape index (κ1) is 11.1. The van der Waals surface area contributed by atoms with Crippen molar-refractivity contribution in [3.8, 4) is 5.75 Å². The summed E-state index contributed by atoms with van der Waals surface area (Å²) in [6.07, 6.45) is 0. The Morgan fingerprint density at radius 3 is 2.33 bits per heavy atom. The monoisotopic (exact) mass is 182 g/mol. The van der Waals surface area contributed by atoms with Gasteiger partial charge in [-0.25, -0.2) is 0 Å². The minimum Gasteiger partial charge on any atom is -0.453 e. The van der Waals surface area contributed by atoms with Gasteiger partial charge in [0.05, 0.1) is 0 Å². The molecule has 12 heavy (non-hydrogen) atoms. The Labute approximate surface area is 79.4 Å². The Bertz CT molecular complexity index is 233. The van der Waals surface area contributed by atoms with Gasteiger partial charge in [0.1, 0.15) is 5.75 Å². The molecular formula is C10H14OS. The summed E-state index contributed by atoms with van der Waals surface area (Å²) in [6, 6.07) is 7.75. The summed E-state index contributed by atoms with van der Waals surface area (Å²) in [5.74, 6) is 0.831. The Kier molecular flexibility index (Phi) is 6.29. The fraction of sp³-hybridized carbons (Fsp3) is 0.300. The van der Waals surface area contributed by atoms with Gasteiger partial charge in [-0.1, -0.05) is 32.0 Å². The van der Waals surface area contributed by atoms with Crippen molar-refractivity contribution in [2.75, 3.05) is 0 Å². The highest BCUT2D eigenvalue weighted by Crippen LogP contribution is 2.14. The van der Waals surface area contributed by atoms with Gasteiger partial charge < -0.3 is 4.74 Å². The number of para-hydroxylation sites is 1. The van der Waals surface area contributed by atoms with E-state index < -0.39 is 0 Å². The van der Waals surface area contributed by atoms with Crippen molar-refractivity contribution in [1.29, 1.82) is 0 Å². The molecule has 1 rings (SSSR count). The van der Waals surface area contributed by atoms with Crippen LogP contribution in [0.1, 0.15) is 19.4 Å². The Morgan fingerprint density at radius 1 is 1.25 bits per heavy atom. The van der Waals surface area contributed by atoms with E-state index in [9.17, 15) is 0 Å². The van der Waals surface area contributed by atoms with Gasteiger partial charge in [0.2, 0.25) is 0 Å². The predicted octanol–water partition coefficient (Wildman–Crippen LogP) is 3.36. The highest BCUT2D eigenvalue weighted by Gasteiger charge is 1.92. The molecule has 1 nitrogen and oxygen atoms in total. The van der Waals surface area contributed by atoms with Gasteiger partial charge >= 0.3 is 0 Å². The van der Waals surface area contributed by atoms with Crippen molar-refractivity contribution in [2.24, 2.45) is 0 Å². The van der Waals surface area contributed by atoms with E-state index in [-0.39, 0.29) is 0 Å². The minimum atomic E-state index is 0.831. The Balaban J connectivity index is 0.000000561. The molecule has 0 heterocycles. The average Bonchev–Trinajstić information content (AvgIpc) is 2.13. The molecule has 1 aromatic rings.